The summed E-state index contributed by atoms with van der Waals surface area (Å²) in [5.41, 5.74) is 4.66. The highest BCUT2D eigenvalue weighted by molar-refractivity contribution is 6.92. The smallest absolute Gasteiger partial charge is 0.122 e. The lowest BCUT2D eigenvalue weighted by Crippen LogP contribution is -2.50. The van der Waals surface area contributed by atoms with E-state index in [1.54, 1.807) is 0 Å². The first-order valence-electron chi connectivity index (χ1n) is 10.6. The van der Waals surface area contributed by atoms with E-state index in [1.165, 1.54) is 21.9 Å². The summed E-state index contributed by atoms with van der Waals surface area (Å²) in [5.74, 6) is 1.12. The first-order valence-corrected chi connectivity index (χ1v) is 17.2. The minimum absolute atomic E-state index is 0.0701. The molecule has 0 heterocycles. The summed E-state index contributed by atoms with van der Waals surface area (Å²) in [6.45, 7) is 26.4. The van der Waals surface area contributed by atoms with Crippen LogP contribution in [0.15, 0.2) is 35.9 Å². The highest BCUT2D eigenvalue weighted by atomic mass is 28.3. The van der Waals surface area contributed by atoms with Crippen molar-refractivity contribution in [2.75, 3.05) is 7.11 Å². The van der Waals surface area contributed by atoms with E-state index in [2.05, 4.69) is 105 Å². The maximum Gasteiger partial charge on any atom is 0.122 e. The molecule has 0 amide bonds. The van der Waals surface area contributed by atoms with Crippen LogP contribution < -0.4 is 9.92 Å². The minimum atomic E-state index is -1.73. The Kier molecular flexibility index (Phi) is 6.07. The third-order valence-electron chi connectivity index (χ3n) is 7.22. The second-order valence-corrected chi connectivity index (χ2v) is 22.5. The fourth-order valence-corrected chi connectivity index (χ4v) is 7.50. The van der Waals surface area contributed by atoms with E-state index in [1.807, 2.05) is 7.11 Å². The molecule has 3 heteroatoms. The fraction of sp³-hybridized carbons (Fsp3) is 0.600. The summed E-state index contributed by atoms with van der Waals surface area (Å²) >= 11 is 0. The Morgan fingerprint density at radius 1 is 0.929 bits per heavy atom. The van der Waals surface area contributed by atoms with Gasteiger partial charge in [0.1, 0.15) is 5.75 Å². The average Bonchev–Trinajstić information content (AvgIpc) is 3.03. The van der Waals surface area contributed by atoms with E-state index < -0.39 is 16.1 Å². The third kappa shape index (κ3) is 4.11. The van der Waals surface area contributed by atoms with Gasteiger partial charge in [-0.15, -0.1) is 0 Å². The van der Waals surface area contributed by atoms with Crippen molar-refractivity contribution in [1.29, 1.82) is 0 Å². The van der Waals surface area contributed by atoms with Gasteiger partial charge in [0.05, 0.1) is 23.3 Å². The zero-order valence-corrected chi connectivity index (χ0v) is 22.4. The molecule has 0 fully saturated rings. The van der Waals surface area contributed by atoms with Crippen LogP contribution in [0.25, 0.3) is 0 Å². The summed E-state index contributed by atoms with van der Waals surface area (Å²) in [6, 6.07) is 4.74. The van der Waals surface area contributed by atoms with Gasteiger partial charge >= 0.3 is 0 Å². The molecule has 0 N–H and O–H groups in total. The molecular weight excluding hydrogens is 372 g/mol. The van der Waals surface area contributed by atoms with Gasteiger partial charge in [0.25, 0.3) is 0 Å². The number of allylic oxidation sites excluding steroid dienone is 4. The molecule has 28 heavy (non-hydrogen) atoms. The first kappa shape index (κ1) is 23.2. The molecule has 0 saturated carbocycles. The van der Waals surface area contributed by atoms with Gasteiger partial charge in [-0.3, -0.25) is 0 Å². The molecule has 0 spiro atoms. The topological polar surface area (TPSA) is 9.23 Å². The lowest BCUT2D eigenvalue weighted by molar-refractivity contribution is 0.403. The van der Waals surface area contributed by atoms with Crippen molar-refractivity contribution >= 4 is 21.3 Å². The van der Waals surface area contributed by atoms with Crippen LogP contribution in [-0.4, -0.2) is 23.3 Å². The Morgan fingerprint density at radius 3 is 1.93 bits per heavy atom. The Balaban J connectivity index is 2.68. The fourth-order valence-electron chi connectivity index (χ4n) is 3.95. The van der Waals surface area contributed by atoms with Crippen LogP contribution in [0.2, 0.25) is 43.3 Å². The number of ether oxygens (including phenoxy) is 1. The van der Waals surface area contributed by atoms with Crippen molar-refractivity contribution in [3.63, 3.8) is 0 Å². The van der Waals surface area contributed by atoms with Crippen molar-refractivity contribution in [1.82, 2.24) is 0 Å². The molecule has 0 bridgehead atoms. The van der Waals surface area contributed by atoms with Crippen LogP contribution in [0.1, 0.15) is 45.7 Å². The Labute approximate surface area is 176 Å². The first-order chi connectivity index (χ1) is 12.5. The van der Waals surface area contributed by atoms with Gasteiger partial charge in [-0.2, -0.15) is 0 Å². The number of hydrogen-bond donors (Lipinski definition) is 0. The van der Waals surface area contributed by atoms with E-state index in [-0.39, 0.29) is 10.5 Å². The molecule has 1 nitrogen and oxygen atoms in total. The molecule has 1 atom stereocenters. The summed E-state index contributed by atoms with van der Waals surface area (Å²) in [4.78, 5) is 0. The molecule has 1 unspecified atom stereocenters. The largest absolute Gasteiger partial charge is 0.497 e. The van der Waals surface area contributed by atoms with Crippen molar-refractivity contribution in [3.8, 4) is 5.75 Å². The van der Waals surface area contributed by atoms with E-state index in [4.69, 9.17) is 4.74 Å². The molecule has 1 aliphatic rings. The molecule has 1 aromatic carbocycles. The Bertz CT molecular complexity index is 799. The average molecular weight is 415 g/mol. The van der Waals surface area contributed by atoms with Gasteiger partial charge < -0.3 is 4.74 Å². The molecule has 1 aromatic rings. The highest BCUT2D eigenvalue weighted by Gasteiger charge is 2.41. The van der Waals surface area contributed by atoms with Crippen LogP contribution in [0.4, 0.5) is 0 Å². The molecule has 0 aliphatic heterocycles. The maximum atomic E-state index is 6.15. The Morgan fingerprint density at radius 2 is 1.50 bits per heavy atom. The zero-order valence-electron chi connectivity index (χ0n) is 20.4. The second kappa shape index (κ2) is 7.32. The molecule has 0 aromatic heterocycles. The summed E-state index contributed by atoms with van der Waals surface area (Å²) < 4.78 is 6.15. The quantitative estimate of drug-likeness (QED) is 0.463. The molecule has 0 radical (unpaired) electrons. The summed E-state index contributed by atoms with van der Waals surface area (Å²) in [7, 11) is -1.11. The van der Waals surface area contributed by atoms with Crippen LogP contribution in [0, 0.1) is 6.92 Å². The SMILES string of the molecule is COc1c(C(C)(C)C2=CC([Si](C)(C)C)C=C2)cc(C)cc1[Si](C)(C)C(C)(C)C. The van der Waals surface area contributed by atoms with Gasteiger partial charge in [0.2, 0.25) is 0 Å². The normalized spacial score (nSPS) is 18.4. The van der Waals surface area contributed by atoms with Crippen LogP contribution in [0.3, 0.4) is 0 Å². The lowest BCUT2D eigenvalue weighted by Gasteiger charge is -2.40. The van der Waals surface area contributed by atoms with Crippen LogP contribution in [-0.2, 0) is 5.41 Å². The van der Waals surface area contributed by atoms with Crippen molar-refractivity contribution in [3.05, 3.63) is 47.1 Å². The van der Waals surface area contributed by atoms with Gasteiger partial charge in [0, 0.05) is 11.0 Å². The summed E-state index contributed by atoms with van der Waals surface area (Å²) in [6.07, 6.45) is 7.33. The number of hydrogen-bond acceptors (Lipinski definition) is 1. The maximum absolute atomic E-state index is 6.15. The van der Waals surface area contributed by atoms with Crippen molar-refractivity contribution in [2.24, 2.45) is 0 Å². The number of methoxy groups -OCH3 is 1. The second-order valence-electron chi connectivity index (χ2n) is 11.8. The zero-order chi connectivity index (χ0) is 21.7. The molecule has 0 saturated heterocycles. The molecular formula is C25H42OSi2. The predicted octanol–water partition coefficient (Wildman–Crippen LogP) is 7.20. The van der Waals surface area contributed by atoms with E-state index >= 15 is 0 Å². The van der Waals surface area contributed by atoms with Gasteiger partial charge in [-0.05, 0) is 28.3 Å². The van der Waals surface area contributed by atoms with Gasteiger partial charge in [-0.25, -0.2) is 0 Å². The number of aryl methyl sites for hydroxylation is 1. The standard InChI is InChI=1S/C25H42OSi2/c1-18-15-21(23(26-7)22(16-18)28(11,12)24(2,3)4)25(5,6)19-13-14-20(17-19)27(8,9)10/h13-17,20H,1-12H3. The Hall–Kier alpha value is -1.07. The lowest BCUT2D eigenvalue weighted by atomic mass is 9.77. The predicted molar refractivity (Wildman–Crippen MR) is 132 cm³/mol. The number of rotatable bonds is 5. The monoisotopic (exact) mass is 414 g/mol. The molecule has 156 valence electrons. The molecule has 1 aliphatic carbocycles. The van der Waals surface area contributed by atoms with Crippen LogP contribution >= 0.6 is 0 Å². The van der Waals surface area contributed by atoms with E-state index in [0.29, 0.717) is 5.54 Å². The van der Waals surface area contributed by atoms with Gasteiger partial charge in [0.15, 0.2) is 0 Å². The number of benzene rings is 1. The summed E-state index contributed by atoms with van der Waals surface area (Å²) in [5, 5.41) is 1.72. The van der Waals surface area contributed by atoms with E-state index in [0.717, 1.165) is 5.75 Å². The minimum Gasteiger partial charge on any atom is -0.497 e. The molecule has 2 rings (SSSR count). The van der Waals surface area contributed by atoms with Gasteiger partial charge in [-0.1, -0.05) is 103 Å². The van der Waals surface area contributed by atoms with Crippen molar-refractivity contribution < 1.29 is 4.74 Å². The van der Waals surface area contributed by atoms with Crippen LogP contribution in [0.5, 0.6) is 5.75 Å². The van der Waals surface area contributed by atoms with E-state index in [9.17, 15) is 0 Å². The highest BCUT2D eigenvalue weighted by Crippen LogP contribution is 2.45. The third-order valence-corrected chi connectivity index (χ3v) is 15.1. The van der Waals surface area contributed by atoms with Crippen molar-refractivity contribution in [2.45, 2.75) is 90.3 Å².